The van der Waals surface area contributed by atoms with E-state index in [1.165, 1.54) is 0 Å². The van der Waals surface area contributed by atoms with Gasteiger partial charge in [-0.2, -0.15) is 0 Å². The number of carbonyl (C=O) groups is 3. The lowest BCUT2D eigenvalue weighted by Crippen LogP contribution is -2.59. The first-order valence-corrected chi connectivity index (χ1v) is 10.5. The Balaban J connectivity index is 0.00000272. The van der Waals surface area contributed by atoms with Gasteiger partial charge in [0.25, 0.3) is 5.91 Å². The third kappa shape index (κ3) is 4.14. The third-order valence-corrected chi connectivity index (χ3v) is 6.29. The number of amides is 4. The maximum atomic E-state index is 13.0. The lowest BCUT2D eigenvalue weighted by molar-refractivity contribution is -0.139. The average molecular weight is 448 g/mol. The first-order chi connectivity index (χ1) is 14.3. The number of carbonyl (C=O) groups excluding carboxylic acids is 3. The molecule has 1 aromatic heterocycles. The third-order valence-electron chi connectivity index (χ3n) is 6.29. The van der Waals surface area contributed by atoms with Gasteiger partial charge in [-0.25, -0.2) is 4.79 Å². The van der Waals surface area contributed by atoms with E-state index < -0.39 is 11.6 Å². The lowest BCUT2D eigenvalue weighted by Gasteiger charge is -2.43. The molecule has 1 atom stereocenters. The number of halogens is 1. The Morgan fingerprint density at radius 1 is 1.19 bits per heavy atom. The minimum absolute atomic E-state index is 0. The second kappa shape index (κ2) is 8.88. The summed E-state index contributed by atoms with van der Waals surface area (Å²) in [6, 6.07) is 6.96. The molecule has 9 heteroatoms. The van der Waals surface area contributed by atoms with Gasteiger partial charge in [0.1, 0.15) is 5.54 Å². The number of urea groups is 1. The zero-order valence-corrected chi connectivity index (χ0v) is 18.7. The van der Waals surface area contributed by atoms with E-state index in [2.05, 4.69) is 10.3 Å². The highest BCUT2D eigenvalue weighted by Gasteiger charge is 2.54. The van der Waals surface area contributed by atoms with Crippen LogP contribution < -0.4 is 11.1 Å². The van der Waals surface area contributed by atoms with Gasteiger partial charge in [-0.05, 0) is 36.8 Å². The highest BCUT2D eigenvalue weighted by Crippen LogP contribution is 2.34. The number of piperidine rings is 1. The van der Waals surface area contributed by atoms with Crippen molar-refractivity contribution in [1.29, 1.82) is 0 Å². The number of hydrogen-bond donors (Lipinski definition) is 3. The lowest BCUT2D eigenvalue weighted by atomic mass is 9.85. The van der Waals surface area contributed by atoms with Gasteiger partial charge >= 0.3 is 6.03 Å². The smallest absolute Gasteiger partial charge is 0.325 e. The van der Waals surface area contributed by atoms with Gasteiger partial charge in [-0.3, -0.25) is 14.9 Å². The average Bonchev–Trinajstić information content (AvgIpc) is 3.22. The fraction of sp³-hybridized carbons (Fsp3) is 0.500. The summed E-state index contributed by atoms with van der Waals surface area (Å²) in [4.78, 5) is 44.5. The van der Waals surface area contributed by atoms with Crippen molar-refractivity contribution in [2.75, 3.05) is 19.6 Å². The number of H-pyrrole nitrogens is 1. The van der Waals surface area contributed by atoms with Crippen molar-refractivity contribution in [3.05, 3.63) is 36.0 Å². The summed E-state index contributed by atoms with van der Waals surface area (Å²) >= 11 is 0. The molecule has 1 spiro atoms. The van der Waals surface area contributed by atoms with Crippen LogP contribution in [0.15, 0.2) is 30.5 Å². The molecule has 2 aliphatic heterocycles. The fourth-order valence-electron chi connectivity index (χ4n) is 4.67. The van der Waals surface area contributed by atoms with Crippen LogP contribution in [0.1, 0.15) is 32.3 Å². The Bertz CT molecular complexity index is 980. The summed E-state index contributed by atoms with van der Waals surface area (Å²) in [5, 5.41) is 3.54. The number of aromatic nitrogens is 1. The molecule has 1 aromatic carbocycles. The number of rotatable bonds is 5. The molecule has 2 aliphatic rings. The molecule has 2 saturated heterocycles. The van der Waals surface area contributed by atoms with Crippen LogP contribution >= 0.6 is 12.4 Å². The standard InChI is InChI=1S/C22H29N5O3.ClH/c1-14(2)13-27-21(30)25-20(29)22(27)7-9-26(10-8-22)19(28)17(23)11-15-12-24-18-6-4-3-5-16(15)18;/h3-6,12,14,17,24H,7-11,13,23H2,1-2H3,(H,25,29,30);1H/t17-;/m1./s1. The molecule has 2 aromatic rings. The van der Waals surface area contributed by atoms with E-state index in [0.717, 1.165) is 16.5 Å². The molecule has 31 heavy (non-hydrogen) atoms. The summed E-state index contributed by atoms with van der Waals surface area (Å²) in [6.07, 6.45) is 3.22. The summed E-state index contributed by atoms with van der Waals surface area (Å²) in [5.41, 5.74) is 7.46. The first kappa shape index (κ1) is 23.1. The molecule has 0 radical (unpaired) electrons. The second-order valence-electron chi connectivity index (χ2n) is 8.79. The summed E-state index contributed by atoms with van der Waals surface area (Å²) in [5.74, 6) is -0.110. The largest absolute Gasteiger partial charge is 0.361 e. The number of nitrogens with zero attached hydrogens (tertiary/aromatic N) is 2. The Labute approximate surface area is 187 Å². The van der Waals surface area contributed by atoms with Gasteiger partial charge in [0.2, 0.25) is 5.91 Å². The van der Waals surface area contributed by atoms with Gasteiger partial charge in [-0.1, -0.05) is 32.0 Å². The minimum Gasteiger partial charge on any atom is -0.361 e. The van der Waals surface area contributed by atoms with E-state index in [1.807, 2.05) is 44.3 Å². The topological polar surface area (TPSA) is 112 Å². The van der Waals surface area contributed by atoms with Crippen molar-refractivity contribution in [2.24, 2.45) is 11.7 Å². The second-order valence-corrected chi connectivity index (χ2v) is 8.79. The monoisotopic (exact) mass is 447 g/mol. The van der Waals surface area contributed by atoms with Crippen LogP contribution in [0.3, 0.4) is 0 Å². The SMILES string of the molecule is CC(C)CN1C(=O)NC(=O)C12CCN(C(=O)[C@H](N)Cc1c[nH]c3ccccc13)CC2.Cl. The van der Waals surface area contributed by atoms with Crippen molar-refractivity contribution >= 4 is 41.2 Å². The van der Waals surface area contributed by atoms with Crippen LogP contribution in [0.2, 0.25) is 0 Å². The Morgan fingerprint density at radius 3 is 2.55 bits per heavy atom. The van der Waals surface area contributed by atoms with Gasteiger partial charge in [0, 0.05) is 36.7 Å². The maximum absolute atomic E-state index is 13.0. The van der Waals surface area contributed by atoms with E-state index in [-0.39, 0.29) is 36.2 Å². The van der Waals surface area contributed by atoms with Crippen LogP contribution in [-0.4, -0.2) is 63.8 Å². The Kier molecular flexibility index (Phi) is 6.62. The molecule has 4 N–H and O–H groups in total. The highest BCUT2D eigenvalue weighted by molar-refractivity contribution is 6.07. The van der Waals surface area contributed by atoms with Gasteiger partial charge in [0.05, 0.1) is 6.04 Å². The Hall–Kier alpha value is -2.58. The summed E-state index contributed by atoms with van der Waals surface area (Å²) in [6.45, 7) is 5.38. The predicted molar refractivity (Wildman–Crippen MR) is 121 cm³/mol. The van der Waals surface area contributed by atoms with Gasteiger partial charge in [0.15, 0.2) is 0 Å². The number of nitrogens with two attached hydrogens (primary N) is 1. The highest BCUT2D eigenvalue weighted by atomic mass is 35.5. The number of nitrogens with one attached hydrogen (secondary N) is 2. The summed E-state index contributed by atoms with van der Waals surface area (Å²) in [7, 11) is 0. The van der Waals surface area contributed by atoms with E-state index in [1.54, 1.807) is 9.80 Å². The number of para-hydroxylation sites is 1. The van der Waals surface area contributed by atoms with Gasteiger partial charge in [-0.15, -0.1) is 12.4 Å². The molecule has 0 unspecified atom stereocenters. The number of fused-ring (bicyclic) bond motifs is 1. The molecule has 4 rings (SSSR count). The van der Waals surface area contributed by atoms with E-state index in [0.29, 0.717) is 38.9 Å². The van der Waals surface area contributed by atoms with Crippen molar-refractivity contribution in [3.8, 4) is 0 Å². The number of likely N-dealkylation sites (tertiary alicyclic amines) is 1. The molecule has 2 fully saturated rings. The van der Waals surface area contributed by atoms with E-state index >= 15 is 0 Å². The zero-order chi connectivity index (χ0) is 21.5. The van der Waals surface area contributed by atoms with Crippen LogP contribution in [0.5, 0.6) is 0 Å². The molecule has 0 aliphatic carbocycles. The quantitative estimate of drug-likeness (QED) is 0.609. The van der Waals surface area contributed by atoms with Crippen molar-refractivity contribution in [2.45, 2.75) is 44.7 Å². The van der Waals surface area contributed by atoms with Crippen LogP contribution in [0.4, 0.5) is 4.79 Å². The van der Waals surface area contributed by atoms with Crippen LogP contribution in [0, 0.1) is 5.92 Å². The summed E-state index contributed by atoms with van der Waals surface area (Å²) < 4.78 is 0. The molecule has 0 bridgehead atoms. The van der Waals surface area contributed by atoms with Gasteiger partial charge < -0.3 is 20.5 Å². The number of hydrogen-bond acceptors (Lipinski definition) is 4. The molecule has 3 heterocycles. The number of benzene rings is 1. The van der Waals surface area contributed by atoms with Crippen molar-refractivity contribution < 1.29 is 14.4 Å². The fourth-order valence-corrected chi connectivity index (χ4v) is 4.67. The molecule has 0 saturated carbocycles. The van der Waals surface area contributed by atoms with E-state index in [9.17, 15) is 14.4 Å². The zero-order valence-electron chi connectivity index (χ0n) is 17.9. The molecule has 8 nitrogen and oxygen atoms in total. The number of aromatic amines is 1. The van der Waals surface area contributed by atoms with E-state index in [4.69, 9.17) is 5.73 Å². The number of imide groups is 1. The first-order valence-electron chi connectivity index (χ1n) is 10.5. The minimum atomic E-state index is -0.848. The van der Waals surface area contributed by atoms with Crippen molar-refractivity contribution in [1.82, 2.24) is 20.1 Å². The maximum Gasteiger partial charge on any atom is 0.325 e. The van der Waals surface area contributed by atoms with Crippen LogP contribution in [0.25, 0.3) is 10.9 Å². The molecular formula is C22H30ClN5O3. The normalized spacial score (nSPS) is 19.1. The van der Waals surface area contributed by atoms with Crippen molar-refractivity contribution in [3.63, 3.8) is 0 Å². The van der Waals surface area contributed by atoms with Crippen LogP contribution in [-0.2, 0) is 16.0 Å². The molecule has 168 valence electrons. The molecule has 4 amide bonds. The predicted octanol–water partition coefficient (Wildman–Crippen LogP) is 2.03. The molecular weight excluding hydrogens is 418 g/mol. The Morgan fingerprint density at radius 2 is 1.87 bits per heavy atom.